The lowest BCUT2D eigenvalue weighted by molar-refractivity contribution is -0.385. The fourth-order valence-electron chi connectivity index (χ4n) is 2.20. The van der Waals surface area contributed by atoms with Crippen LogP contribution in [0, 0.1) is 21.4 Å². The topological polar surface area (TPSA) is 125 Å². The molecule has 1 fully saturated rings. The van der Waals surface area contributed by atoms with Gasteiger partial charge in [0.25, 0.3) is 5.91 Å². The molecule has 1 heterocycles. The van der Waals surface area contributed by atoms with Gasteiger partial charge < -0.3 is 15.2 Å². The highest BCUT2D eigenvalue weighted by Crippen LogP contribution is 2.27. The number of aromatic hydroxyl groups is 1. The van der Waals surface area contributed by atoms with Crippen LogP contribution in [-0.2, 0) is 9.53 Å². The Morgan fingerprint density at radius 2 is 2.39 bits per heavy atom. The second-order valence-electron chi connectivity index (χ2n) is 5.02. The molecule has 1 aliphatic heterocycles. The molecule has 1 saturated heterocycles. The summed E-state index contributed by atoms with van der Waals surface area (Å²) in [5, 5.41) is 31.9. The fourth-order valence-corrected chi connectivity index (χ4v) is 2.20. The van der Waals surface area contributed by atoms with Crippen LogP contribution in [0.15, 0.2) is 23.8 Å². The van der Waals surface area contributed by atoms with Crippen molar-refractivity contribution in [3.05, 3.63) is 39.4 Å². The first-order valence-corrected chi connectivity index (χ1v) is 7.00. The predicted octanol–water partition coefficient (Wildman–Crippen LogP) is 1.50. The Labute approximate surface area is 132 Å². The number of nitro groups is 1. The molecule has 0 saturated carbocycles. The molecule has 0 radical (unpaired) electrons. The number of phenols is 1. The third-order valence-corrected chi connectivity index (χ3v) is 3.39. The minimum atomic E-state index is -0.740. The van der Waals surface area contributed by atoms with Crippen LogP contribution in [0.5, 0.6) is 5.75 Å². The van der Waals surface area contributed by atoms with Crippen LogP contribution in [0.3, 0.4) is 0 Å². The van der Waals surface area contributed by atoms with Crippen molar-refractivity contribution in [2.24, 2.45) is 0 Å². The summed E-state index contributed by atoms with van der Waals surface area (Å²) < 4.78 is 5.37. The summed E-state index contributed by atoms with van der Waals surface area (Å²) in [5.41, 5.74) is -0.392. The molecule has 120 valence electrons. The molecule has 0 bridgehead atoms. The van der Waals surface area contributed by atoms with Gasteiger partial charge in [0.2, 0.25) is 0 Å². The van der Waals surface area contributed by atoms with E-state index in [9.17, 15) is 20.0 Å². The van der Waals surface area contributed by atoms with Crippen LogP contribution in [0.2, 0.25) is 0 Å². The molecule has 1 aliphatic rings. The molecular weight excluding hydrogens is 302 g/mol. The number of nitro benzene ring substituents is 1. The van der Waals surface area contributed by atoms with E-state index in [1.807, 2.05) is 0 Å². The Bertz CT molecular complexity index is 687. The van der Waals surface area contributed by atoms with Gasteiger partial charge in [-0.25, -0.2) is 0 Å². The van der Waals surface area contributed by atoms with Crippen molar-refractivity contribution in [1.82, 2.24) is 5.32 Å². The van der Waals surface area contributed by atoms with E-state index in [4.69, 9.17) is 10.00 Å². The van der Waals surface area contributed by atoms with Crippen molar-refractivity contribution >= 4 is 17.7 Å². The molecule has 1 amide bonds. The van der Waals surface area contributed by atoms with E-state index in [2.05, 4.69) is 5.32 Å². The Hall–Kier alpha value is -2.92. The molecular formula is C15H15N3O5. The van der Waals surface area contributed by atoms with Gasteiger partial charge in [-0.15, -0.1) is 0 Å². The van der Waals surface area contributed by atoms with Gasteiger partial charge in [0.05, 0.1) is 11.0 Å². The summed E-state index contributed by atoms with van der Waals surface area (Å²) in [7, 11) is 0. The van der Waals surface area contributed by atoms with E-state index in [1.165, 1.54) is 12.1 Å². The first kappa shape index (κ1) is 16.5. The van der Waals surface area contributed by atoms with Gasteiger partial charge >= 0.3 is 5.69 Å². The summed E-state index contributed by atoms with van der Waals surface area (Å²) in [4.78, 5) is 22.0. The largest absolute Gasteiger partial charge is 0.502 e. The van der Waals surface area contributed by atoms with Gasteiger partial charge in [0.1, 0.15) is 11.6 Å². The third kappa shape index (κ3) is 4.28. The summed E-state index contributed by atoms with van der Waals surface area (Å²) >= 11 is 0. The number of hydrogen-bond donors (Lipinski definition) is 2. The van der Waals surface area contributed by atoms with Crippen molar-refractivity contribution in [2.45, 2.75) is 18.9 Å². The predicted molar refractivity (Wildman–Crippen MR) is 80.3 cm³/mol. The zero-order valence-electron chi connectivity index (χ0n) is 12.2. The van der Waals surface area contributed by atoms with Crippen LogP contribution in [-0.4, -0.2) is 35.2 Å². The fraction of sp³-hybridized carbons (Fsp3) is 0.333. The standard InChI is InChI=1S/C15H15N3O5/c16-8-11(15(20)17-9-12-2-1-5-23-12)6-10-3-4-14(19)13(7-10)18(21)22/h3-4,6-7,12,19H,1-2,5,9H2,(H,17,20)/b11-6+/t12-/m1/s1. The van der Waals surface area contributed by atoms with Crippen LogP contribution >= 0.6 is 0 Å². The van der Waals surface area contributed by atoms with Crippen LogP contribution < -0.4 is 5.32 Å². The van der Waals surface area contributed by atoms with Gasteiger partial charge in [-0.05, 0) is 30.5 Å². The third-order valence-electron chi connectivity index (χ3n) is 3.39. The number of ether oxygens (including phenoxy) is 1. The number of carbonyl (C=O) groups excluding carboxylic acids is 1. The highest BCUT2D eigenvalue weighted by atomic mass is 16.6. The SMILES string of the molecule is N#C/C(=C\c1ccc(O)c([N+](=O)[O-])c1)C(=O)NC[C@H]1CCCO1. The number of nitriles is 1. The van der Waals surface area contributed by atoms with Gasteiger partial charge in [-0.3, -0.25) is 14.9 Å². The average Bonchev–Trinajstić information content (AvgIpc) is 3.04. The monoisotopic (exact) mass is 317 g/mol. The minimum Gasteiger partial charge on any atom is -0.502 e. The zero-order chi connectivity index (χ0) is 16.8. The lowest BCUT2D eigenvalue weighted by atomic mass is 10.1. The van der Waals surface area contributed by atoms with Gasteiger partial charge in [0.15, 0.2) is 5.75 Å². The molecule has 23 heavy (non-hydrogen) atoms. The molecule has 0 spiro atoms. The number of hydrogen-bond acceptors (Lipinski definition) is 6. The van der Waals surface area contributed by atoms with Gasteiger partial charge in [-0.1, -0.05) is 6.07 Å². The smallest absolute Gasteiger partial charge is 0.311 e. The molecule has 0 unspecified atom stereocenters. The normalized spacial score (nSPS) is 17.5. The number of rotatable bonds is 5. The lowest BCUT2D eigenvalue weighted by Crippen LogP contribution is -2.32. The highest BCUT2D eigenvalue weighted by Gasteiger charge is 2.18. The second-order valence-corrected chi connectivity index (χ2v) is 5.02. The van der Waals surface area contributed by atoms with Crippen LogP contribution in [0.25, 0.3) is 6.08 Å². The van der Waals surface area contributed by atoms with E-state index in [-0.39, 0.29) is 17.2 Å². The summed E-state index contributed by atoms with van der Waals surface area (Å²) in [6.07, 6.45) is 2.99. The molecule has 1 atom stereocenters. The highest BCUT2D eigenvalue weighted by molar-refractivity contribution is 6.01. The molecule has 0 aliphatic carbocycles. The van der Waals surface area contributed by atoms with E-state index in [1.54, 1.807) is 6.07 Å². The molecule has 2 N–H and O–H groups in total. The van der Waals surface area contributed by atoms with Crippen molar-refractivity contribution in [3.8, 4) is 11.8 Å². The minimum absolute atomic E-state index is 0.0475. The van der Waals surface area contributed by atoms with Gasteiger partial charge in [0, 0.05) is 19.2 Å². The van der Waals surface area contributed by atoms with Crippen molar-refractivity contribution < 1.29 is 19.6 Å². The molecule has 0 aromatic heterocycles. The molecule has 8 heteroatoms. The van der Waals surface area contributed by atoms with Crippen molar-refractivity contribution in [2.75, 3.05) is 13.2 Å². The number of nitrogens with zero attached hydrogens (tertiary/aromatic N) is 2. The van der Waals surface area contributed by atoms with E-state index < -0.39 is 22.3 Å². The van der Waals surface area contributed by atoms with Crippen LogP contribution in [0.1, 0.15) is 18.4 Å². The number of benzene rings is 1. The van der Waals surface area contributed by atoms with E-state index >= 15 is 0 Å². The van der Waals surface area contributed by atoms with Gasteiger partial charge in [-0.2, -0.15) is 5.26 Å². The Morgan fingerprint density at radius 1 is 1.61 bits per heavy atom. The maximum absolute atomic E-state index is 12.0. The zero-order valence-corrected chi connectivity index (χ0v) is 12.2. The van der Waals surface area contributed by atoms with Crippen LogP contribution in [0.4, 0.5) is 5.69 Å². The van der Waals surface area contributed by atoms with E-state index in [0.717, 1.165) is 25.0 Å². The number of amides is 1. The van der Waals surface area contributed by atoms with Crippen molar-refractivity contribution in [1.29, 1.82) is 5.26 Å². The average molecular weight is 317 g/mol. The second kappa shape index (κ2) is 7.38. The Kier molecular flexibility index (Phi) is 5.28. The molecule has 2 rings (SSSR count). The lowest BCUT2D eigenvalue weighted by Gasteiger charge is -2.10. The summed E-state index contributed by atoms with van der Waals surface area (Å²) in [5.74, 6) is -1.05. The molecule has 1 aromatic carbocycles. The number of nitrogens with one attached hydrogen (secondary N) is 1. The first-order valence-electron chi connectivity index (χ1n) is 7.00. The van der Waals surface area contributed by atoms with Crippen molar-refractivity contribution in [3.63, 3.8) is 0 Å². The maximum atomic E-state index is 12.0. The molecule has 1 aromatic rings. The Morgan fingerprint density at radius 3 is 3.00 bits per heavy atom. The quantitative estimate of drug-likeness (QED) is 0.367. The summed E-state index contributed by atoms with van der Waals surface area (Å²) in [6, 6.07) is 5.39. The number of carbonyl (C=O) groups is 1. The molecule has 8 nitrogen and oxygen atoms in total. The number of phenolic OH excluding ortho intramolecular Hbond substituents is 1. The maximum Gasteiger partial charge on any atom is 0.311 e. The first-order chi connectivity index (χ1) is 11.0. The summed E-state index contributed by atoms with van der Waals surface area (Å²) in [6.45, 7) is 0.978. The van der Waals surface area contributed by atoms with E-state index in [0.29, 0.717) is 13.2 Å². The Balaban J connectivity index is 2.11.